The molecule has 1 heterocycles. The van der Waals surface area contributed by atoms with Gasteiger partial charge in [-0.3, -0.25) is 4.90 Å². The molecule has 3 nitrogen and oxygen atoms in total. The minimum atomic E-state index is 0.530. The third-order valence-corrected chi connectivity index (χ3v) is 5.19. The maximum atomic E-state index is 5.93. The fraction of sp³-hybridized carbons (Fsp3) is 0.0968. The first-order valence-electron chi connectivity index (χ1n) is 11.2. The molecule has 168 valence electrons. The van der Waals surface area contributed by atoms with Crippen LogP contribution in [0.25, 0.3) is 11.1 Å². The molecule has 0 N–H and O–H groups in total. The highest BCUT2D eigenvalue weighted by Gasteiger charge is 2.21. The summed E-state index contributed by atoms with van der Waals surface area (Å²) in [5.41, 5.74) is 5.88. The number of hydrogen-bond donors (Lipinski definition) is 0. The predicted octanol–water partition coefficient (Wildman–Crippen LogP) is 7.99. The minimum absolute atomic E-state index is 0.530. The van der Waals surface area contributed by atoms with E-state index in [4.69, 9.17) is 16.4 Å². The molecule has 0 bridgehead atoms. The van der Waals surface area contributed by atoms with Crippen molar-refractivity contribution in [1.29, 1.82) is 0 Å². The van der Waals surface area contributed by atoms with Crippen LogP contribution in [-0.4, -0.2) is 9.97 Å². The van der Waals surface area contributed by atoms with E-state index in [0.29, 0.717) is 17.2 Å². The van der Waals surface area contributed by atoms with Crippen LogP contribution in [-0.2, 0) is 0 Å². The van der Waals surface area contributed by atoms with Crippen molar-refractivity contribution >= 4 is 28.5 Å². The van der Waals surface area contributed by atoms with Gasteiger partial charge < -0.3 is 0 Å². The molecule has 0 saturated heterocycles. The molecule has 0 spiro atoms. The van der Waals surface area contributed by atoms with E-state index in [-0.39, 0.29) is 0 Å². The van der Waals surface area contributed by atoms with Crippen molar-refractivity contribution in [3.63, 3.8) is 0 Å². The van der Waals surface area contributed by atoms with Gasteiger partial charge in [0.05, 0.1) is 17.0 Å². The zero-order valence-electron chi connectivity index (χ0n) is 19.9. The van der Waals surface area contributed by atoms with Crippen molar-refractivity contribution in [3.05, 3.63) is 127 Å². The van der Waals surface area contributed by atoms with Crippen LogP contribution in [0, 0.1) is 19.3 Å². The Hall–Kier alpha value is -4.42. The van der Waals surface area contributed by atoms with Gasteiger partial charge in [0.2, 0.25) is 5.95 Å². The second-order valence-electron chi connectivity index (χ2n) is 7.45. The summed E-state index contributed by atoms with van der Waals surface area (Å²) in [4.78, 5) is 12.1. The molecule has 0 unspecified atom stereocenters. The number of nitrogens with zero attached hydrogens (tertiary/aromatic N) is 3. The van der Waals surface area contributed by atoms with Crippen molar-refractivity contribution in [2.24, 2.45) is 0 Å². The Balaban J connectivity index is 2.39. The highest BCUT2D eigenvalue weighted by molar-refractivity contribution is 5.85. The number of rotatable bonds is 8. The monoisotopic (exact) mass is 443 g/mol. The largest absolute Gasteiger partial charge is 0.279 e. The van der Waals surface area contributed by atoms with Gasteiger partial charge in [0, 0.05) is 22.5 Å². The van der Waals surface area contributed by atoms with Crippen LogP contribution in [0.1, 0.15) is 30.8 Å². The van der Waals surface area contributed by atoms with Crippen LogP contribution >= 0.6 is 0 Å². The fourth-order valence-corrected chi connectivity index (χ4v) is 3.51. The first kappa shape index (κ1) is 24.2. The molecule has 3 aromatic rings. The highest BCUT2D eigenvalue weighted by Crippen LogP contribution is 2.35. The van der Waals surface area contributed by atoms with E-state index >= 15 is 0 Å². The second kappa shape index (κ2) is 12.0. The summed E-state index contributed by atoms with van der Waals surface area (Å²) < 4.78 is 0. The number of anilines is 3. The normalized spacial score (nSPS) is 12.2. The van der Waals surface area contributed by atoms with Gasteiger partial charge in [0.25, 0.3) is 0 Å². The number of allylic oxidation sites excluding steroid dienone is 9. The average molecular weight is 444 g/mol. The topological polar surface area (TPSA) is 29.0 Å². The predicted molar refractivity (Wildman–Crippen MR) is 146 cm³/mol. The van der Waals surface area contributed by atoms with Crippen molar-refractivity contribution in [2.45, 2.75) is 20.8 Å². The van der Waals surface area contributed by atoms with E-state index in [1.54, 1.807) is 0 Å². The van der Waals surface area contributed by atoms with Crippen LogP contribution in [0.5, 0.6) is 0 Å². The smallest absolute Gasteiger partial charge is 0.235 e. The Morgan fingerprint density at radius 3 is 1.88 bits per heavy atom. The fourth-order valence-electron chi connectivity index (χ4n) is 3.51. The van der Waals surface area contributed by atoms with Gasteiger partial charge in [-0.1, -0.05) is 85.4 Å². The van der Waals surface area contributed by atoms with E-state index in [2.05, 4.69) is 12.5 Å². The molecule has 0 fully saturated rings. The standard InChI is InChI=1S/C31H29N3/c1-6-10-18-25(8-3)29-24(5)30(26(9-4)19-11-7-2)33-31(32-29)34(27-20-14-12-15-21-27)28-22-16-13-17-23-28/h3,6-7,9-23H,4H2,1-2,5H3/b10-6-,11-7-,25-18+,26-19+. The molecule has 0 atom stereocenters. The third-order valence-electron chi connectivity index (χ3n) is 5.19. The Bertz CT molecular complexity index is 1250. The lowest BCUT2D eigenvalue weighted by Crippen LogP contribution is -2.16. The summed E-state index contributed by atoms with van der Waals surface area (Å²) in [7, 11) is 0. The molecule has 1 aromatic heterocycles. The van der Waals surface area contributed by atoms with Gasteiger partial charge in [0.15, 0.2) is 0 Å². The van der Waals surface area contributed by atoms with Gasteiger partial charge >= 0.3 is 0 Å². The van der Waals surface area contributed by atoms with Crippen LogP contribution in [0.4, 0.5) is 17.3 Å². The number of para-hydroxylation sites is 2. The summed E-state index contributed by atoms with van der Waals surface area (Å²) in [6.45, 7) is 9.95. The Labute approximate surface area is 203 Å². The van der Waals surface area contributed by atoms with Crippen molar-refractivity contribution < 1.29 is 0 Å². The minimum Gasteiger partial charge on any atom is -0.279 e. The van der Waals surface area contributed by atoms with E-state index < -0.39 is 0 Å². The lowest BCUT2D eigenvalue weighted by molar-refractivity contribution is 1.03. The van der Waals surface area contributed by atoms with Crippen LogP contribution in [0.3, 0.4) is 0 Å². The SMILES string of the molecule is C#C/C(=C\C=C/C)c1nc(N(c2ccccc2)c2ccccc2)nc(/C(C=C)=C/C=C\C)c1C. The number of aromatic nitrogens is 2. The third kappa shape index (κ3) is 5.49. The molecule has 34 heavy (non-hydrogen) atoms. The van der Waals surface area contributed by atoms with Crippen LogP contribution in [0.2, 0.25) is 0 Å². The summed E-state index contributed by atoms with van der Waals surface area (Å²) in [6, 6.07) is 20.1. The van der Waals surface area contributed by atoms with E-state index in [0.717, 1.165) is 28.2 Å². The van der Waals surface area contributed by atoms with Gasteiger partial charge in [-0.2, -0.15) is 0 Å². The summed E-state index contributed by atoms with van der Waals surface area (Å²) >= 11 is 0. The molecule has 3 heteroatoms. The number of benzene rings is 2. The molecule has 3 rings (SSSR count). The number of hydrogen-bond acceptors (Lipinski definition) is 3. The molecule has 0 radical (unpaired) electrons. The van der Waals surface area contributed by atoms with Crippen LogP contribution < -0.4 is 4.90 Å². The Morgan fingerprint density at radius 2 is 1.38 bits per heavy atom. The summed E-state index contributed by atoms with van der Waals surface area (Å²) in [6.07, 6.45) is 19.5. The molecule has 0 aliphatic heterocycles. The molecule has 0 aliphatic carbocycles. The lowest BCUT2D eigenvalue weighted by Gasteiger charge is -2.25. The quantitative estimate of drug-likeness (QED) is 0.261. The Morgan fingerprint density at radius 1 is 0.853 bits per heavy atom. The zero-order chi connectivity index (χ0) is 24.3. The maximum Gasteiger partial charge on any atom is 0.235 e. The van der Waals surface area contributed by atoms with Crippen molar-refractivity contribution in [3.8, 4) is 12.3 Å². The Kier molecular flexibility index (Phi) is 8.54. The van der Waals surface area contributed by atoms with Gasteiger partial charge in [-0.15, -0.1) is 6.42 Å². The van der Waals surface area contributed by atoms with Crippen LogP contribution in [0.15, 0.2) is 110 Å². The maximum absolute atomic E-state index is 5.93. The number of terminal acetylenes is 1. The van der Waals surface area contributed by atoms with Gasteiger partial charge in [-0.05, 0) is 51.1 Å². The molecule has 0 amide bonds. The molecular weight excluding hydrogens is 414 g/mol. The molecule has 0 aliphatic rings. The molecular formula is C31H29N3. The first-order chi connectivity index (χ1) is 16.6. The van der Waals surface area contributed by atoms with E-state index in [9.17, 15) is 0 Å². The highest BCUT2D eigenvalue weighted by atomic mass is 15.3. The van der Waals surface area contributed by atoms with Gasteiger partial charge in [0.1, 0.15) is 0 Å². The van der Waals surface area contributed by atoms with E-state index in [1.807, 2.05) is 129 Å². The average Bonchev–Trinajstić information content (AvgIpc) is 2.88. The molecule has 0 saturated carbocycles. The van der Waals surface area contributed by atoms with Crippen molar-refractivity contribution in [1.82, 2.24) is 9.97 Å². The summed E-state index contributed by atoms with van der Waals surface area (Å²) in [5, 5.41) is 0. The van der Waals surface area contributed by atoms with Gasteiger partial charge in [-0.25, -0.2) is 9.97 Å². The zero-order valence-corrected chi connectivity index (χ0v) is 19.9. The first-order valence-corrected chi connectivity index (χ1v) is 11.2. The summed E-state index contributed by atoms with van der Waals surface area (Å²) in [5.74, 6) is 3.34. The lowest BCUT2D eigenvalue weighted by atomic mass is 10.0. The second-order valence-corrected chi connectivity index (χ2v) is 7.45. The van der Waals surface area contributed by atoms with E-state index in [1.165, 1.54) is 0 Å². The van der Waals surface area contributed by atoms with Crippen molar-refractivity contribution in [2.75, 3.05) is 4.90 Å². The molecule has 2 aromatic carbocycles.